The van der Waals surface area contributed by atoms with Gasteiger partial charge in [0.05, 0.1) is 13.7 Å². The number of benzene rings is 1. The molecule has 1 aromatic carbocycles. The van der Waals surface area contributed by atoms with Crippen molar-refractivity contribution in [1.82, 2.24) is 5.48 Å². The van der Waals surface area contributed by atoms with E-state index in [4.69, 9.17) is 4.74 Å². The van der Waals surface area contributed by atoms with E-state index < -0.39 is 0 Å². The number of halogens is 1. The van der Waals surface area contributed by atoms with Crippen LogP contribution in [0.2, 0.25) is 0 Å². The fourth-order valence-electron chi connectivity index (χ4n) is 0.829. The third-order valence-corrected chi connectivity index (χ3v) is 1.36. The largest absolute Gasteiger partial charge is 0.492 e. The van der Waals surface area contributed by atoms with Crippen LogP contribution in [0.4, 0.5) is 0 Å². The van der Waals surface area contributed by atoms with E-state index in [1.807, 2.05) is 30.3 Å². The van der Waals surface area contributed by atoms with Crippen LogP contribution < -0.4 is 10.2 Å². The number of para-hydroxylation sites is 1. The zero-order chi connectivity index (χ0) is 8.65. The molecule has 0 aliphatic rings. The minimum Gasteiger partial charge on any atom is -0.492 e. The summed E-state index contributed by atoms with van der Waals surface area (Å²) in [7, 11) is 1.59. The van der Waals surface area contributed by atoms with Gasteiger partial charge in [-0.2, -0.15) is 5.48 Å². The van der Waals surface area contributed by atoms with Gasteiger partial charge in [0, 0.05) is 0 Å². The lowest BCUT2D eigenvalue weighted by molar-refractivity contribution is 0.0808. The zero-order valence-electron chi connectivity index (χ0n) is 7.53. The van der Waals surface area contributed by atoms with Crippen LogP contribution in [0.5, 0.6) is 5.75 Å². The first-order valence-corrected chi connectivity index (χ1v) is 3.87. The average molecular weight is 204 g/mol. The van der Waals surface area contributed by atoms with Crippen molar-refractivity contribution in [2.75, 3.05) is 20.3 Å². The van der Waals surface area contributed by atoms with Crippen LogP contribution in [0.1, 0.15) is 0 Å². The summed E-state index contributed by atoms with van der Waals surface area (Å²) in [4.78, 5) is 4.65. The summed E-state index contributed by atoms with van der Waals surface area (Å²) >= 11 is 0. The Labute approximate surface area is 84.4 Å². The second-order valence-corrected chi connectivity index (χ2v) is 2.26. The van der Waals surface area contributed by atoms with Crippen molar-refractivity contribution < 1.29 is 9.57 Å². The number of hydrogen-bond donors (Lipinski definition) is 1. The molecule has 13 heavy (non-hydrogen) atoms. The van der Waals surface area contributed by atoms with E-state index in [-0.39, 0.29) is 12.4 Å². The number of ether oxygens (including phenoxy) is 1. The molecule has 0 bridgehead atoms. The molecular formula is C9H14ClNO2. The van der Waals surface area contributed by atoms with Gasteiger partial charge in [-0.25, -0.2) is 0 Å². The molecule has 74 valence electrons. The molecular weight excluding hydrogens is 190 g/mol. The van der Waals surface area contributed by atoms with Gasteiger partial charge >= 0.3 is 0 Å². The van der Waals surface area contributed by atoms with Gasteiger partial charge in [-0.1, -0.05) is 18.2 Å². The van der Waals surface area contributed by atoms with Crippen LogP contribution in [-0.4, -0.2) is 20.3 Å². The quantitative estimate of drug-likeness (QED) is 0.583. The third-order valence-electron chi connectivity index (χ3n) is 1.36. The van der Waals surface area contributed by atoms with E-state index in [0.29, 0.717) is 13.2 Å². The Kier molecular flexibility index (Phi) is 7.39. The lowest BCUT2D eigenvalue weighted by Crippen LogP contribution is -2.19. The SMILES string of the molecule is CONCCOc1ccccc1.Cl. The van der Waals surface area contributed by atoms with Crippen LogP contribution in [0.15, 0.2) is 30.3 Å². The highest BCUT2D eigenvalue weighted by molar-refractivity contribution is 5.85. The van der Waals surface area contributed by atoms with Crippen LogP contribution >= 0.6 is 12.4 Å². The molecule has 0 spiro atoms. The van der Waals surface area contributed by atoms with Crippen molar-refractivity contribution in [3.05, 3.63) is 30.3 Å². The van der Waals surface area contributed by atoms with E-state index >= 15 is 0 Å². The summed E-state index contributed by atoms with van der Waals surface area (Å²) in [5.74, 6) is 0.885. The summed E-state index contributed by atoms with van der Waals surface area (Å²) in [5.41, 5.74) is 2.69. The topological polar surface area (TPSA) is 30.5 Å². The second-order valence-electron chi connectivity index (χ2n) is 2.26. The predicted octanol–water partition coefficient (Wildman–Crippen LogP) is 1.64. The van der Waals surface area contributed by atoms with Gasteiger partial charge in [-0.3, -0.25) is 0 Å². The molecule has 0 aliphatic heterocycles. The molecule has 3 nitrogen and oxygen atoms in total. The minimum atomic E-state index is 0. The highest BCUT2D eigenvalue weighted by Gasteiger charge is 1.89. The molecule has 0 saturated carbocycles. The van der Waals surface area contributed by atoms with Gasteiger partial charge < -0.3 is 9.57 Å². The summed E-state index contributed by atoms with van der Waals surface area (Å²) < 4.78 is 5.37. The van der Waals surface area contributed by atoms with Gasteiger partial charge in [0.15, 0.2) is 0 Å². The van der Waals surface area contributed by atoms with E-state index in [9.17, 15) is 0 Å². The average Bonchev–Trinajstić information content (AvgIpc) is 2.14. The van der Waals surface area contributed by atoms with E-state index in [1.165, 1.54) is 0 Å². The van der Waals surface area contributed by atoms with Gasteiger partial charge in [-0.05, 0) is 12.1 Å². The molecule has 4 heteroatoms. The van der Waals surface area contributed by atoms with Crippen LogP contribution in [0.25, 0.3) is 0 Å². The minimum absolute atomic E-state index is 0. The van der Waals surface area contributed by atoms with Gasteiger partial charge in [0.25, 0.3) is 0 Å². The van der Waals surface area contributed by atoms with Crippen molar-refractivity contribution in [3.8, 4) is 5.75 Å². The van der Waals surface area contributed by atoms with Crippen LogP contribution in [0, 0.1) is 0 Å². The molecule has 1 N–H and O–H groups in total. The molecule has 0 aliphatic carbocycles. The normalized spacial score (nSPS) is 9.00. The number of nitrogens with one attached hydrogen (secondary N) is 1. The van der Waals surface area contributed by atoms with Crippen molar-refractivity contribution in [3.63, 3.8) is 0 Å². The summed E-state index contributed by atoms with van der Waals surface area (Å²) in [6.07, 6.45) is 0. The highest BCUT2D eigenvalue weighted by Crippen LogP contribution is 2.07. The Morgan fingerprint density at radius 1 is 1.23 bits per heavy atom. The van der Waals surface area contributed by atoms with Crippen molar-refractivity contribution in [2.24, 2.45) is 0 Å². The monoisotopic (exact) mass is 203 g/mol. The molecule has 0 heterocycles. The second kappa shape index (κ2) is 7.86. The molecule has 0 aromatic heterocycles. The molecule has 0 unspecified atom stereocenters. The molecule has 0 atom stereocenters. The Hall–Kier alpha value is -0.770. The predicted molar refractivity (Wildman–Crippen MR) is 54.2 cm³/mol. The molecule has 0 amide bonds. The smallest absolute Gasteiger partial charge is 0.119 e. The molecule has 0 saturated heterocycles. The molecule has 0 radical (unpaired) electrons. The molecule has 1 aromatic rings. The Balaban J connectivity index is 0.00000144. The lowest BCUT2D eigenvalue weighted by atomic mass is 10.3. The fourth-order valence-corrected chi connectivity index (χ4v) is 0.829. The first-order valence-electron chi connectivity index (χ1n) is 3.87. The number of hydrogen-bond acceptors (Lipinski definition) is 3. The lowest BCUT2D eigenvalue weighted by Gasteiger charge is -2.05. The van der Waals surface area contributed by atoms with E-state index in [1.54, 1.807) is 7.11 Å². The molecule has 1 rings (SSSR count). The van der Waals surface area contributed by atoms with Gasteiger partial charge in [0.1, 0.15) is 12.4 Å². The summed E-state index contributed by atoms with van der Waals surface area (Å²) in [6, 6.07) is 9.69. The van der Waals surface area contributed by atoms with Crippen LogP contribution in [0.3, 0.4) is 0 Å². The number of hydroxylamine groups is 1. The number of rotatable bonds is 5. The van der Waals surface area contributed by atoms with E-state index in [2.05, 4.69) is 10.3 Å². The fraction of sp³-hybridized carbons (Fsp3) is 0.333. The Morgan fingerprint density at radius 3 is 2.54 bits per heavy atom. The van der Waals surface area contributed by atoms with Crippen LogP contribution in [-0.2, 0) is 4.84 Å². The van der Waals surface area contributed by atoms with Gasteiger partial charge in [0.2, 0.25) is 0 Å². The van der Waals surface area contributed by atoms with Gasteiger partial charge in [-0.15, -0.1) is 12.4 Å². The van der Waals surface area contributed by atoms with E-state index in [0.717, 1.165) is 5.75 Å². The first kappa shape index (κ1) is 12.2. The maximum atomic E-state index is 5.37. The Morgan fingerprint density at radius 2 is 1.92 bits per heavy atom. The summed E-state index contributed by atoms with van der Waals surface area (Å²) in [5, 5.41) is 0. The van der Waals surface area contributed by atoms with Crippen molar-refractivity contribution in [2.45, 2.75) is 0 Å². The maximum Gasteiger partial charge on any atom is 0.119 e. The summed E-state index contributed by atoms with van der Waals surface area (Å²) in [6.45, 7) is 1.29. The van der Waals surface area contributed by atoms with Crippen molar-refractivity contribution in [1.29, 1.82) is 0 Å². The molecule has 0 fully saturated rings. The standard InChI is InChI=1S/C9H13NO2.ClH/c1-11-10-7-8-12-9-5-3-2-4-6-9;/h2-6,10H,7-8H2,1H3;1H. The highest BCUT2D eigenvalue weighted by atomic mass is 35.5. The Bertz CT molecular complexity index is 206. The first-order chi connectivity index (χ1) is 5.93. The third kappa shape index (κ3) is 5.47. The van der Waals surface area contributed by atoms with Crippen molar-refractivity contribution >= 4 is 12.4 Å². The maximum absolute atomic E-state index is 5.37. The zero-order valence-corrected chi connectivity index (χ0v) is 8.34.